The van der Waals surface area contributed by atoms with Crippen LogP contribution in [0.25, 0.3) is 0 Å². The molecule has 0 bridgehead atoms. The summed E-state index contributed by atoms with van der Waals surface area (Å²) in [5.41, 5.74) is -0.448. The number of nitro groups is 1. The van der Waals surface area contributed by atoms with Crippen LogP contribution in [-0.2, 0) is 10.0 Å². The zero-order valence-electron chi connectivity index (χ0n) is 13.5. The molecule has 1 unspecified atom stereocenters. The number of para-hydroxylation sites is 1. The summed E-state index contributed by atoms with van der Waals surface area (Å²) in [5, 5.41) is 11.5. The van der Waals surface area contributed by atoms with Crippen molar-refractivity contribution in [2.45, 2.75) is 23.8 Å². The van der Waals surface area contributed by atoms with Crippen LogP contribution in [0.4, 0.5) is 5.69 Å². The highest BCUT2D eigenvalue weighted by atomic mass is 35.5. The SMILES string of the molecule is O=[N+]([O-])c1ccccc1S(=O)(=O)N1CCCC(Oc2ncc(Cl)cn2)C1. The molecular weight excluding hydrogens is 384 g/mol. The van der Waals surface area contributed by atoms with Crippen LogP contribution in [0.5, 0.6) is 6.01 Å². The monoisotopic (exact) mass is 398 g/mol. The van der Waals surface area contributed by atoms with E-state index in [9.17, 15) is 18.5 Å². The van der Waals surface area contributed by atoms with Gasteiger partial charge >= 0.3 is 6.01 Å². The molecule has 138 valence electrons. The fourth-order valence-electron chi connectivity index (χ4n) is 2.70. The third kappa shape index (κ3) is 3.92. The van der Waals surface area contributed by atoms with E-state index in [-0.39, 0.29) is 24.0 Å². The van der Waals surface area contributed by atoms with Gasteiger partial charge in [0.05, 0.1) is 28.9 Å². The van der Waals surface area contributed by atoms with Gasteiger partial charge in [-0.15, -0.1) is 0 Å². The number of rotatable bonds is 5. The van der Waals surface area contributed by atoms with Crippen LogP contribution in [0.1, 0.15) is 12.8 Å². The van der Waals surface area contributed by atoms with Gasteiger partial charge < -0.3 is 4.74 Å². The van der Waals surface area contributed by atoms with Gasteiger partial charge in [-0.3, -0.25) is 10.1 Å². The van der Waals surface area contributed by atoms with Gasteiger partial charge in [0.1, 0.15) is 6.10 Å². The number of hydrogen-bond donors (Lipinski definition) is 0. The predicted molar refractivity (Wildman–Crippen MR) is 92.5 cm³/mol. The molecular formula is C15H15ClN4O5S. The molecule has 0 saturated carbocycles. The third-order valence-corrected chi connectivity index (χ3v) is 6.00. The van der Waals surface area contributed by atoms with Crippen LogP contribution in [0.3, 0.4) is 0 Å². The molecule has 1 fully saturated rings. The molecule has 2 aromatic rings. The molecule has 0 spiro atoms. The molecule has 0 amide bonds. The first kappa shape index (κ1) is 18.5. The fraction of sp³-hybridized carbons (Fsp3) is 0.333. The minimum Gasteiger partial charge on any atom is -0.459 e. The Hall–Kier alpha value is -2.30. The Labute approximate surface area is 154 Å². The van der Waals surface area contributed by atoms with Gasteiger partial charge in [0.25, 0.3) is 5.69 Å². The highest BCUT2D eigenvalue weighted by molar-refractivity contribution is 7.89. The predicted octanol–water partition coefficient (Wildman–Crippen LogP) is 2.27. The average molecular weight is 399 g/mol. The van der Waals surface area contributed by atoms with Crippen molar-refractivity contribution in [1.29, 1.82) is 0 Å². The van der Waals surface area contributed by atoms with Crippen LogP contribution in [0, 0.1) is 10.1 Å². The number of hydrogen-bond acceptors (Lipinski definition) is 7. The summed E-state index contributed by atoms with van der Waals surface area (Å²) >= 11 is 5.72. The van der Waals surface area contributed by atoms with E-state index in [2.05, 4.69) is 9.97 Å². The van der Waals surface area contributed by atoms with Gasteiger partial charge in [0.15, 0.2) is 4.90 Å². The van der Waals surface area contributed by atoms with E-state index in [1.54, 1.807) is 0 Å². The summed E-state index contributed by atoms with van der Waals surface area (Å²) in [6.45, 7) is 0.316. The highest BCUT2D eigenvalue weighted by Crippen LogP contribution is 2.28. The maximum absolute atomic E-state index is 12.9. The Morgan fingerprint density at radius 2 is 1.96 bits per heavy atom. The number of ether oxygens (including phenoxy) is 1. The van der Waals surface area contributed by atoms with Crippen molar-refractivity contribution < 1.29 is 18.1 Å². The molecule has 0 radical (unpaired) electrons. The second kappa shape index (κ2) is 7.52. The topological polar surface area (TPSA) is 116 Å². The van der Waals surface area contributed by atoms with Crippen molar-refractivity contribution >= 4 is 27.3 Å². The van der Waals surface area contributed by atoms with Crippen molar-refractivity contribution in [2.75, 3.05) is 13.1 Å². The first-order valence-electron chi connectivity index (χ1n) is 7.75. The Morgan fingerprint density at radius 3 is 2.65 bits per heavy atom. The zero-order valence-corrected chi connectivity index (χ0v) is 15.1. The van der Waals surface area contributed by atoms with E-state index in [1.807, 2.05) is 0 Å². The van der Waals surface area contributed by atoms with Gasteiger partial charge in [-0.2, -0.15) is 4.31 Å². The van der Waals surface area contributed by atoms with Gasteiger partial charge in [-0.25, -0.2) is 18.4 Å². The highest BCUT2D eigenvalue weighted by Gasteiger charge is 2.35. The minimum atomic E-state index is -4.02. The molecule has 2 heterocycles. The molecule has 26 heavy (non-hydrogen) atoms. The van der Waals surface area contributed by atoms with Crippen molar-refractivity contribution in [3.05, 3.63) is 51.8 Å². The van der Waals surface area contributed by atoms with E-state index in [0.717, 1.165) is 0 Å². The Balaban J connectivity index is 1.80. The van der Waals surface area contributed by atoms with Crippen molar-refractivity contribution in [3.63, 3.8) is 0 Å². The van der Waals surface area contributed by atoms with Crippen LogP contribution in [0.15, 0.2) is 41.6 Å². The largest absolute Gasteiger partial charge is 0.459 e. The van der Waals surface area contributed by atoms with Gasteiger partial charge in [-0.05, 0) is 18.9 Å². The van der Waals surface area contributed by atoms with Gasteiger partial charge in [0.2, 0.25) is 10.0 Å². The number of piperidine rings is 1. The average Bonchev–Trinajstić information content (AvgIpc) is 2.64. The lowest BCUT2D eigenvalue weighted by Gasteiger charge is -2.31. The molecule has 1 aliphatic rings. The molecule has 11 heteroatoms. The zero-order chi connectivity index (χ0) is 18.7. The van der Waals surface area contributed by atoms with Crippen LogP contribution < -0.4 is 4.74 Å². The third-order valence-electron chi connectivity index (χ3n) is 3.89. The lowest BCUT2D eigenvalue weighted by atomic mass is 10.1. The first-order valence-corrected chi connectivity index (χ1v) is 9.57. The van der Waals surface area contributed by atoms with Crippen LogP contribution >= 0.6 is 11.6 Å². The second-order valence-corrected chi connectivity index (χ2v) is 8.00. The molecule has 9 nitrogen and oxygen atoms in total. The molecule has 1 aromatic heterocycles. The number of halogens is 1. The Morgan fingerprint density at radius 1 is 1.27 bits per heavy atom. The number of benzene rings is 1. The lowest BCUT2D eigenvalue weighted by molar-refractivity contribution is -0.387. The Bertz CT molecular complexity index is 907. The van der Waals surface area contributed by atoms with E-state index in [0.29, 0.717) is 17.9 Å². The van der Waals surface area contributed by atoms with E-state index in [4.69, 9.17) is 16.3 Å². The standard InChI is InChI=1S/C15H15ClN4O5S/c16-11-8-17-15(18-9-11)25-12-4-3-7-19(10-12)26(23,24)14-6-2-1-5-13(14)20(21)22/h1-2,5-6,8-9,12H,3-4,7,10H2. The summed E-state index contributed by atoms with van der Waals surface area (Å²) in [6, 6.07) is 5.40. The molecule has 0 aliphatic carbocycles. The molecule has 1 aliphatic heterocycles. The summed E-state index contributed by atoms with van der Waals surface area (Å²) in [4.78, 5) is 18.0. The molecule has 1 saturated heterocycles. The summed E-state index contributed by atoms with van der Waals surface area (Å²) in [7, 11) is -4.02. The minimum absolute atomic E-state index is 0.0559. The maximum Gasteiger partial charge on any atom is 0.316 e. The number of nitro benzene ring substituents is 1. The van der Waals surface area contributed by atoms with Crippen molar-refractivity contribution in [1.82, 2.24) is 14.3 Å². The molecule has 1 atom stereocenters. The number of sulfonamides is 1. The van der Waals surface area contributed by atoms with Crippen molar-refractivity contribution in [3.8, 4) is 6.01 Å². The van der Waals surface area contributed by atoms with E-state index in [1.165, 1.54) is 41.0 Å². The normalized spacial score (nSPS) is 18.4. The summed E-state index contributed by atoms with van der Waals surface area (Å²) < 4.78 is 32.6. The maximum atomic E-state index is 12.9. The van der Waals surface area contributed by atoms with E-state index < -0.39 is 26.7 Å². The van der Waals surface area contributed by atoms with Gasteiger partial charge in [0, 0.05) is 12.6 Å². The summed E-state index contributed by atoms with van der Waals surface area (Å²) in [6.07, 6.45) is 3.48. The lowest BCUT2D eigenvalue weighted by Crippen LogP contribution is -2.44. The van der Waals surface area contributed by atoms with Gasteiger partial charge in [-0.1, -0.05) is 23.7 Å². The molecule has 0 N–H and O–H groups in total. The second-order valence-electron chi connectivity index (χ2n) is 5.65. The number of aromatic nitrogens is 2. The van der Waals surface area contributed by atoms with E-state index >= 15 is 0 Å². The number of nitrogens with zero attached hydrogens (tertiary/aromatic N) is 4. The van der Waals surface area contributed by atoms with Crippen LogP contribution in [0.2, 0.25) is 5.02 Å². The first-order chi connectivity index (χ1) is 12.4. The fourth-order valence-corrected chi connectivity index (χ4v) is 4.46. The quantitative estimate of drug-likeness (QED) is 0.560. The summed E-state index contributed by atoms with van der Waals surface area (Å²) in [5.74, 6) is 0. The van der Waals surface area contributed by atoms with Crippen LogP contribution in [-0.4, -0.2) is 46.8 Å². The molecule has 1 aromatic carbocycles. The molecule has 3 rings (SSSR count). The smallest absolute Gasteiger partial charge is 0.316 e. The Kier molecular flexibility index (Phi) is 5.35. The van der Waals surface area contributed by atoms with Crippen molar-refractivity contribution in [2.24, 2.45) is 0 Å².